The predicted molar refractivity (Wildman–Crippen MR) is 163 cm³/mol. The summed E-state index contributed by atoms with van der Waals surface area (Å²) < 4.78 is 5.69. The van der Waals surface area contributed by atoms with Crippen LogP contribution in [0.5, 0.6) is 0 Å². The van der Waals surface area contributed by atoms with Crippen molar-refractivity contribution in [2.45, 2.75) is 33.3 Å². The van der Waals surface area contributed by atoms with E-state index in [9.17, 15) is 19.2 Å². The Morgan fingerprint density at radius 2 is 1.53 bits per heavy atom. The number of ether oxygens (including phenoxy) is 1. The minimum atomic E-state index is -0.980. The molecule has 3 aliphatic rings. The summed E-state index contributed by atoms with van der Waals surface area (Å²) >= 11 is 0. The zero-order chi connectivity index (χ0) is 30.0. The number of pyridine rings is 1. The van der Waals surface area contributed by atoms with Crippen LogP contribution in [-0.2, 0) is 14.3 Å². The fourth-order valence-electron chi connectivity index (χ4n) is 6.88. The molecule has 3 aromatic carbocycles. The molecule has 1 saturated carbocycles. The number of hydrogen-bond acceptors (Lipinski definition) is 6. The maximum Gasteiger partial charge on any atom is 0.339 e. The van der Waals surface area contributed by atoms with Crippen LogP contribution >= 0.6 is 0 Å². The van der Waals surface area contributed by atoms with Gasteiger partial charge in [-0.1, -0.05) is 72.3 Å². The van der Waals surface area contributed by atoms with Gasteiger partial charge in [-0.05, 0) is 62.8 Å². The molecule has 7 rings (SSSR count). The van der Waals surface area contributed by atoms with Gasteiger partial charge in [0.25, 0.3) is 0 Å². The van der Waals surface area contributed by atoms with Crippen molar-refractivity contribution in [3.63, 3.8) is 0 Å². The molecule has 7 nitrogen and oxygen atoms in total. The fraction of sp³-hybridized carbons (Fsp3) is 0.250. The molecule has 5 atom stereocenters. The summed E-state index contributed by atoms with van der Waals surface area (Å²) in [7, 11) is 0. The van der Waals surface area contributed by atoms with Gasteiger partial charge in [0, 0.05) is 16.5 Å². The summed E-state index contributed by atoms with van der Waals surface area (Å²) in [5.41, 5.74) is 5.13. The number of carbonyl (C=O) groups is 4. The van der Waals surface area contributed by atoms with Gasteiger partial charge in [-0.3, -0.25) is 19.3 Å². The van der Waals surface area contributed by atoms with Crippen molar-refractivity contribution in [1.82, 2.24) is 4.98 Å². The molecule has 2 heterocycles. The number of anilines is 1. The van der Waals surface area contributed by atoms with Crippen molar-refractivity contribution in [3.8, 4) is 11.3 Å². The Morgan fingerprint density at radius 3 is 2.19 bits per heavy atom. The first-order valence-corrected chi connectivity index (χ1v) is 14.6. The minimum Gasteiger partial charge on any atom is -0.451 e. The zero-order valence-electron chi connectivity index (χ0n) is 24.1. The molecule has 2 amide bonds. The number of Topliss-reactive ketones (excluding diaryl/α,β-unsaturated/α-hetero) is 1. The SMILES string of the molecule is Cc1ccc(C(=O)[C@H](C)OC(=O)c2cc(-c3ccc(N4C(=O)[C@@H]5[C@H](C4=O)[C@@H]4C=C[C@H]5C4)cc3)nc3c(C)cccc23)cc1. The highest BCUT2D eigenvalue weighted by Crippen LogP contribution is 2.53. The molecule has 0 spiro atoms. The average Bonchev–Trinajstić information content (AvgIpc) is 3.70. The third kappa shape index (κ3) is 4.38. The Bertz CT molecular complexity index is 1830. The summed E-state index contributed by atoms with van der Waals surface area (Å²) in [4.78, 5) is 59.2. The number of imide groups is 1. The number of rotatable bonds is 6. The van der Waals surface area contributed by atoms with Crippen molar-refractivity contribution >= 4 is 40.2 Å². The molecule has 214 valence electrons. The highest BCUT2D eigenvalue weighted by Gasteiger charge is 2.59. The van der Waals surface area contributed by atoms with Crippen LogP contribution in [0.1, 0.15) is 45.2 Å². The summed E-state index contributed by atoms with van der Waals surface area (Å²) in [5, 5.41) is 0.628. The number of fused-ring (bicyclic) bond motifs is 6. The van der Waals surface area contributed by atoms with Gasteiger partial charge in [0.1, 0.15) is 0 Å². The minimum absolute atomic E-state index is 0.126. The first-order valence-electron chi connectivity index (χ1n) is 14.6. The van der Waals surface area contributed by atoms with E-state index in [1.165, 1.54) is 4.90 Å². The number of esters is 1. The van der Waals surface area contributed by atoms with Crippen LogP contribution in [0.15, 0.2) is 84.9 Å². The second-order valence-corrected chi connectivity index (χ2v) is 11.9. The Kier molecular flexibility index (Phi) is 6.34. The van der Waals surface area contributed by atoms with Gasteiger partial charge < -0.3 is 4.74 Å². The van der Waals surface area contributed by atoms with E-state index in [2.05, 4.69) is 12.2 Å². The highest BCUT2D eigenvalue weighted by molar-refractivity contribution is 6.23. The van der Waals surface area contributed by atoms with E-state index in [1.807, 2.05) is 56.3 Å². The quantitative estimate of drug-likeness (QED) is 0.118. The van der Waals surface area contributed by atoms with Crippen LogP contribution < -0.4 is 4.90 Å². The topological polar surface area (TPSA) is 93.6 Å². The summed E-state index contributed by atoms with van der Waals surface area (Å²) in [5.74, 6) is -1.38. The van der Waals surface area contributed by atoms with Crippen molar-refractivity contribution in [2.24, 2.45) is 23.7 Å². The Hall–Kier alpha value is -4.91. The molecular formula is C36H30N2O5. The molecule has 0 radical (unpaired) electrons. The summed E-state index contributed by atoms with van der Waals surface area (Å²) in [6.07, 6.45) is 4.07. The van der Waals surface area contributed by atoms with Crippen LogP contribution in [0.25, 0.3) is 22.2 Å². The van der Waals surface area contributed by atoms with E-state index in [-0.39, 0.29) is 41.3 Å². The Morgan fingerprint density at radius 1 is 0.884 bits per heavy atom. The number of amides is 2. The maximum absolute atomic E-state index is 13.5. The molecule has 7 heteroatoms. The summed E-state index contributed by atoms with van der Waals surface area (Å²) in [6.45, 7) is 5.44. The van der Waals surface area contributed by atoms with E-state index in [1.54, 1.807) is 37.3 Å². The van der Waals surface area contributed by atoms with E-state index >= 15 is 0 Å². The lowest BCUT2D eigenvalue weighted by Gasteiger charge is -2.18. The second kappa shape index (κ2) is 10.1. The molecule has 1 saturated heterocycles. The number of benzene rings is 3. The standard InChI is InChI=1S/C36H30N2O5/c1-19-7-9-23(10-8-19)33(39)21(3)43-36(42)28-18-29(37-32-20(2)5-4-6-27(28)32)22-13-15-26(16-14-22)38-34(40)30-24-11-12-25(17-24)31(30)35(38)41/h4-16,18,21,24-25,30-31H,17H2,1-3H3/t21-,24-,25+,30-,31+/m0/s1. The number of para-hydroxylation sites is 1. The molecule has 2 fully saturated rings. The van der Waals surface area contributed by atoms with Crippen molar-refractivity contribution < 1.29 is 23.9 Å². The van der Waals surface area contributed by atoms with Crippen LogP contribution in [0.4, 0.5) is 5.69 Å². The van der Waals surface area contributed by atoms with Crippen LogP contribution in [0.3, 0.4) is 0 Å². The Balaban J connectivity index is 1.18. The molecule has 1 aromatic heterocycles. The lowest BCUT2D eigenvalue weighted by molar-refractivity contribution is -0.123. The number of hydrogen-bond donors (Lipinski definition) is 0. The molecule has 0 unspecified atom stereocenters. The molecule has 1 aliphatic heterocycles. The number of aromatic nitrogens is 1. The largest absolute Gasteiger partial charge is 0.451 e. The van der Waals surface area contributed by atoms with Crippen molar-refractivity contribution in [3.05, 3.63) is 107 Å². The molecule has 2 aliphatic carbocycles. The number of nitrogens with zero attached hydrogens (tertiary/aromatic N) is 2. The van der Waals surface area contributed by atoms with Gasteiger partial charge in [-0.25, -0.2) is 9.78 Å². The monoisotopic (exact) mass is 570 g/mol. The molecule has 2 bridgehead atoms. The molecule has 0 N–H and O–H groups in total. The van der Waals surface area contributed by atoms with E-state index < -0.39 is 12.1 Å². The van der Waals surface area contributed by atoms with E-state index in [4.69, 9.17) is 9.72 Å². The fourth-order valence-corrected chi connectivity index (χ4v) is 6.88. The number of aryl methyl sites for hydroxylation is 2. The van der Waals surface area contributed by atoms with Gasteiger partial charge >= 0.3 is 5.97 Å². The molecule has 4 aromatic rings. The highest BCUT2D eigenvalue weighted by atomic mass is 16.5. The van der Waals surface area contributed by atoms with Crippen LogP contribution in [-0.4, -0.2) is 34.7 Å². The third-order valence-corrected chi connectivity index (χ3v) is 9.14. The third-order valence-electron chi connectivity index (χ3n) is 9.14. The molecular weight excluding hydrogens is 540 g/mol. The second-order valence-electron chi connectivity index (χ2n) is 11.9. The van der Waals surface area contributed by atoms with Crippen LogP contribution in [0, 0.1) is 37.5 Å². The average molecular weight is 571 g/mol. The van der Waals surface area contributed by atoms with E-state index in [0.29, 0.717) is 39.0 Å². The van der Waals surface area contributed by atoms with Gasteiger partial charge in [0.2, 0.25) is 17.6 Å². The first-order chi connectivity index (χ1) is 20.7. The Labute approximate surface area is 249 Å². The van der Waals surface area contributed by atoms with Gasteiger partial charge in [0.15, 0.2) is 6.10 Å². The lowest BCUT2D eigenvalue weighted by atomic mass is 9.85. The van der Waals surface area contributed by atoms with Crippen molar-refractivity contribution in [1.29, 1.82) is 0 Å². The lowest BCUT2D eigenvalue weighted by Crippen LogP contribution is -2.32. The van der Waals surface area contributed by atoms with E-state index in [0.717, 1.165) is 17.5 Å². The van der Waals surface area contributed by atoms with Crippen molar-refractivity contribution in [2.75, 3.05) is 4.90 Å². The molecule has 43 heavy (non-hydrogen) atoms. The van der Waals surface area contributed by atoms with Crippen LogP contribution in [0.2, 0.25) is 0 Å². The number of carbonyl (C=O) groups excluding carboxylic acids is 4. The first kappa shape index (κ1) is 27.0. The zero-order valence-corrected chi connectivity index (χ0v) is 24.1. The number of allylic oxidation sites excluding steroid dienone is 2. The predicted octanol–water partition coefficient (Wildman–Crippen LogP) is 6.26. The van der Waals surface area contributed by atoms with Gasteiger partial charge in [-0.2, -0.15) is 0 Å². The van der Waals surface area contributed by atoms with Gasteiger partial charge in [-0.15, -0.1) is 0 Å². The smallest absolute Gasteiger partial charge is 0.339 e. The number of ketones is 1. The van der Waals surface area contributed by atoms with Gasteiger partial charge in [0.05, 0.1) is 34.3 Å². The summed E-state index contributed by atoms with van der Waals surface area (Å²) in [6, 6.07) is 21.5. The maximum atomic E-state index is 13.5. The normalized spacial score (nSPS) is 22.7.